The molecule has 1 aromatic rings. The smallest absolute Gasteiger partial charge is 0.146 e. The third-order valence-electron chi connectivity index (χ3n) is 2.61. The topological polar surface area (TPSA) is 23.5 Å². The van der Waals surface area contributed by atoms with Gasteiger partial charge in [-0.25, -0.2) is 4.39 Å². The van der Waals surface area contributed by atoms with E-state index in [9.17, 15) is 9.50 Å². The molecule has 0 atom stereocenters. The van der Waals surface area contributed by atoms with E-state index in [1.807, 2.05) is 19.9 Å². The van der Waals surface area contributed by atoms with Crippen LogP contribution in [0.15, 0.2) is 18.2 Å². The second-order valence-electron chi connectivity index (χ2n) is 4.60. The second-order valence-corrected chi connectivity index (χ2v) is 4.60. The number of hydrogen-bond donors (Lipinski definition) is 1. The maximum atomic E-state index is 13.6. The minimum absolute atomic E-state index is 0.00769. The number of rotatable bonds is 3. The van der Waals surface area contributed by atoms with Gasteiger partial charge in [-0.3, -0.25) is 0 Å². The van der Waals surface area contributed by atoms with Crippen molar-refractivity contribution in [3.8, 4) is 0 Å². The second kappa shape index (κ2) is 4.19. The standard InChI is InChI=1S/C12H18FNO/c1-12(2,8-15)9-5-6-11(14(3)4)10(13)7-9/h5-7,15H,8H2,1-4H3. The first-order valence-electron chi connectivity index (χ1n) is 4.96. The van der Waals surface area contributed by atoms with Gasteiger partial charge >= 0.3 is 0 Å². The van der Waals surface area contributed by atoms with Gasteiger partial charge in [0.25, 0.3) is 0 Å². The molecule has 1 aromatic carbocycles. The van der Waals surface area contributed by atoms with Gasteiger partial charge in [-0.1, -0.05) is 19.9 Å². The predicted molar refractivity (Wildman–Crippen MR) is 60.8 cm³/mol. The van der Waals surface area contributed by atoms with E-state index in [0.717, 1.165) is 5.56 Å². The number of hydrogen-bond acceptors (Lipinski definition) is 2. The van der Waals surface area contributed by atoms with Gasteiger partial charge in [0.2, 0.25) is 0 Å². The van der Waals surface area contributed by atoms with Gasteiger partial charge in [0.05, 0.1) is 12.3 Å². The van der Waals surface area contributed by atoms with Gasteiger partial charge in [-0.05, 0) is 17.7 Å². The molecule has 0 amide bonds. The number of halogens is 1. The van der Waals surface area contributed by atoms with E-state index in [2.05, 4.69) is 0 Å². The highest BCUT2D eigenvalue weighted by atomic mass is 19.1. The van der Waals surface area contributed by atoms with Crippen LogP contribution in [-0.2, 0) is 5.41 Å². The summed E-state index contributed by atoms with van der Waals surface area (Å²) in [6.07, 6.45) is 0. The number of aliphatic hydroxyl groups excluding tert-OH is 1. The van der Waals surface area contributed by atoms with E-state index in [0.29, 0.717) is 5.69 Å². The monoisotopic (exact) mass is 211 g/mol. The minimum atomic E-state index is -0.397. The molecule has 0 aliphatic heterocycles. The Hall–Kier alpha value is -1.09. The van der Waals surface area contributed by atoms with Crippen LogP contribution in [0.1, 0.15) is 19.4 Å². The molecule has 0 heterocycles. The van der Waals surface area contributed by atoms with Crippen LogP contribution in [0, 0.1) is 5.82 Å². The van der Waals surface area contributed by atoms with E-state index in [-0.39, 0.29) is 12.4 Å². The molecule has 15 heavy (non-hydrogen) atoms. The van der Waals surface area contributed by atoms with Gasteiger partial charge in [0, 0.05) is 19.5 Å². The summed E-state index contributed by atoms with van der Waals surface area (Å²) in [4.78, 5) is 1.73. The summed E-state index contributed by atoms with van der Waals surface area (Å²) < 4.78 is 13.6. The average molecular weight is 211 g/mol. The van der Waals surface area contributed by atoms with E-state index in [4.69, 9.17) is 0 Å². The lowest BCUT2D eigenvalue weighted by Gasteiger charge is -2.23. The van der Waals surface area contributed by atoms with E-state index in [1.165, 1.54) is 6.07 Å². The molecule has 0 saturated heterocycles. The first-order valence-corrected chi connectivity index (χ1v) is 4.96. The molecule has 1 rings (SSSR count). The summed E-state index contributed by atoms with van der Waals surface area (Å²) in [5, 5.41) is 9.18. The van der Waals surface area contributed by atoms with Crippen molar-refractivity contribution in [3.63, 3.8) is 0 Å². The fraction of sp³-hybridized carbons (Fsp3) is 0.500. The molecule has 3 heteroatoms. The lowest BCUT2D eigenvalue weighted by molar-refractivity contribution is 0.218. The molecular weight excluding hydrogens is 193 g/mol. The SMILES string of the molecule is CN(C)c1ccc(C(C)(C)CO)cc1F. The first kappa shape index (κ1) is 12.0. The van der Waals surface area contributed by atoms with Gasteiger partial charge in [0.1, 0.15) is 5.82 Å². The fourth-order valence-electron chi connectivity index (χ4n) is 1.38. The summed E-state index contributed by atoms with van der Waals surface area (Å²) in [5.41, 5.74) is 0.978. The van der Waals surface area contributed by atoms with Crippen molar-refractivity contribution in [2.45, 2.75) is 19.3 Å². The highest BCUT2D eigenvalue weighted by Crippen LogP contribution is 2.26. The van der Waals surface area contributed by atoms with Crippen LogP contribution < -0.4 is 4.90 Å². The maximum absolute atomic E-state index is 13.6. The van der Waals surface area contributed by atoms with E-state index in [1.54, 1.807) is 25.1 Å². The van der Waals surface area contributed by atoms with E-state index >= 15 is 0 Å². The molecule has 84 valence electrons. The van der Waals surface area contributed by atoms with Crippen molar-refractivity contribution >= 4 is 5.69 Å². The van der Waals surface area contributed by atoms with Crippen molar-refractivity contribution < 1.29 is 9.50 Å². The van der Waals surface area contributed by atoms with Crippen LogP contribution >= 0.6 is 0 Å². The summed E-state index contributed by atoms with van der Waals surface area (Å²) >= 11 is 0. The molecular formula is C12H18FNO. The largest absolute Gasteiger partial charge is 0.395 e. The highest BCUT2D eigenvalue weighted by Gasteiger charge is 2.20. The molecule has 0 bridgehead atoms. The summed E-state index contributed by atoms with van der Waals surface area (Å²) in [5.74, 6) is -0.251. The Morgan fingerprint density at radius 2 is 1.93 bits per heavy atom. The molecule has 0 aliphatic carbocycles. The van der Waals surface area contributed by atoms with Crippen LogP contribution in [0.2, 0.25) is 0 Å². The zero-order valence-electron chi connectivity index (χ0n) is 9.71. The van der Waals surface area contributed by atoms with Crippen LogP contribution in [0.3, 0.4) is 0 Å². The lowest BCUT2D eigenvalue weighted by Crippen LogP contribution is -2.22. The van der Waals surface area contributed by atoms with Gasteiger partial charge < -0.3 is 10.0 Å². The molecule has 0 saturated carbocycles. The number of anilines is 1. The summed E-state index contributed by atoms with van der Waals surface area (Å²) in [6.45, 7) is 3.78. The number of aliphatic hydroxyl groups is 1. The molecule has 0 radical (unpaired) electrons. The normalized spacial score (nSPS) is 11.6. The Labute approximate surface area is 90.3 Å². The zero-order chi connectivity index (χ0) is 11.6. The van der Waals surface area contributed by atoms with Crippen LogP contribution in [0.5, 0.6) is 0 Å². The minimum Gasteiger partial charge on any atom is -0.395 e. The van der Waals surface area contributed by atoms with Crippen molar-refractivity contribution in [3.05, 3.63) is 29.6 Å². The third-order valence-corrected chi connectivity index (χ3v) is 2.61. The molecule has 0 fully saturated rings. The van der Waals surface area contributed by atoms with Crippen LogP contribution in [0.25, 0.3) is 0 Å². The molecule has 0 spiro atoms. The molecule has 0 unspecified atom stereocenters. The Balaban J connectivity index is 3.12. The molecule has 2 nitrogen and oxygen atoms in total. The molecule has 0 aliphatic rings. The van der Waals surface area contributed by atoms with Gasteiger partial charge in [-0.15, -0.1) is 0 Å². The third kappa shape index (κ3) is 2.48. The van der Waals surface area contributed by atoms with E-state index < -0.39 is 5.41 Å². The van der Waals surface area contributed by atoms with Crippen molar-refractivity contribution in [1.82, 2.24) is 0 Å². The van der Waals surface area contributed by atoms with Gasteiger partial charge in [0.15, 0.2) is 0 Å². The lowest BCUT2D eigenvalue weighted by atomic mass is 9.85. The Bertz CT molecular complexity index is 347. The molecule has 1 N–H and O–H groups in total. The zero-order valence-corrected chi connectivity index (χ0v) is 9.71. The number of benzene rings is 1. The van der Waals surface area contributed by atoms with Crippen LogP contribution in [-0.4, -0.2) is 25.8 Å². The fourth-order valence-corrected chi connectivity index (χ4v) is 1.38. The van der Waals surface area contributed by atoms with Crippen molar-refractivity contribution in [2.24, 2.45) is 0 Å². The Morgan fingerprint density at radius 3 is 2.33 bits per heavy atom. The van der Waals surface area contributed by atoms with Crippen molar-refractivity contribution in [2.75, 3.05) is 25.6 Å². The summed E-state index contributed by atoms with van der Waals surface area (Å²) in [6, 6.07) is 5.09. The quantitative estimate of drug-likeness (QED) is 0.828. The molecule has 0 aromatic heterocycles. The Morgan fingerprint density at radius 1 is 1.33 bits per heavy atom. The number of nitrogens with zero attached hydrogens (tertiary/aromatic N) is 1. The Kier molecular flexibility index (Phi) is 3.35. The van der Waals surface area contributed by atoms with Crippen molar-refractivity contribution in [1.29, 1.82) is 0 Å². The highest BCUT2D eigenvalue weighted by molar-refractivity contribution is 5.48. The maximum Gasteiger partial charge on any atom is 0.146 e. The van der Waals surface area contributed by atoms with Crippen LogP contribution in [0.4, 0.5) is 10.1 Å². The average Bonchev–Trinajstić information content (AvgIpc) is 2.17. The predicted octanol–water partition coefficient (Wildman–Crippen LogP) is 2.16. The summed E-state index contributed by atoms with van der Waals surface area (Å²) in [7, 11) is 3.60. The first-order chi connectivity index (χ1) is 6.88. The van der Waals surface area contributed by atoms with Gasteiger partial charge in [-0.2, -0.15) is 0 Å².